The summed E-state index contributed by atoms with van der Waals surface area (Å²) in [4.78, 5) is 13.2. The van der Waals surface area contributed by atoms with Crippen molar-refractivity contribution in [1.82, 2.24) is 4.90 Å². The number of hydrogen-bond donors (Lipinski definition) is 1. The van der Waals surface area contributed by atoms with E-state index in [1.807, 2.05) is 18.9 Å². The largest absolute Gasteiger partial charge is 0.481 e. The summed E-state index contributed by atoms with van der Waals surface area (Å²) in [5.41, 5.74) is 0.233. The van der Waals surface area contributed by atoms with Gasteiger partial charge in [-0.25, -0.2) is 4.39 Å². The molecule has 100 valence electrons. The summed E-state index contributed by atoms with van der Waals surface area (Å²) >= 11 is 0. The van der Waals surface area contributed by atoms with Gasteiger partial charge in [-0.1, -0.05) is 19.1 Å². The predicted molar refractivity (Wildman–Crippen MR) is 68.8 cm³/mol. The van der Waals surface area contributed by atoms with Crippen LogP contribution in [0.2, 0.25) is 0 Å². The molecule has 0 saturated heterocycles. The SMILES string of the molecule is CCC(C)(CN(C)Cc1ccc(F)cc1)C(=O)O. The Morgan fingerprint density at radius 3 is 2.39 bits per heavy atom. The van der Waals surface area contributed by atoms with Gasteiger partial charge < -0.3 is 10.0 Å². The lowest BCUT2D eigenvalue weighted by atomic mass is 9.87. The molecule has 1 aromatic rings. The Hall–Kier alpha value is -1.42. The van der Waals surface area contributed by atoms with Crippen molar-refractivity contribution in [2.45, 2.75) is 26.8 Å². The van der Waals surface area contributed by atoms with Gasteiger partial charge in [-0.05, 0) is 38.1 Å². The lowest BCUT2D eigenvalue weighted by Gasteiger charge is -2.29. The van der Waals surface area contributed by atoms with E-state index in [4.69, 9.17) is 0 Å². The number of hydrogen-bond acceptors (Lipinski definition) is 2. The lowest BCUT2D eigenvalue weighted by Crippen LogP contribution is -2.38. The van der Waals surface area contributed by atoms with E-state index in [1.54, 1.807) is 19.1 Å². The Kier molecular flexibility index (Phi) is 4.84. The van der Waals surface area contributed by atoms with Crippen LogP contribution >= 0.6 is 0 Å². The van der Waals surface area contributed by atoms with Gasteiger partial charge in [-0.2, -0.15) is 0 Å². The van der Waals surface area contributed by atoms with Crippen molar-refractivity contribution in [2.75, 3.05) is 13.6 Å². The third kappa shape index (κ3) is 3.81. The van der Waals surface area contributed by atoms with Crippen LogP contribution in [0.1, 0.15) is 25.8 Å². The van der Waals surface area contributed by atoms with Gasteiger partial charge in [0.1, 0.15) is 5.82 Å². The van der Waals surface area contributed by atoms with Crippen molar-refractivity contribution < 1.29 is 14.3 Å². The molecule has 0 heterocycles. The molecule has 4 heteroatoms. The topological polar surface area (TPSA) is 40.5 Å². The standard InChI is InChI=1S/C14H20FNO2/c1-4-14(2,13(17)18)10-16(3)9-11-5-7-12(15)8-6-11/h5-8H,4,9-10H2,1-3H3,(H,17,18). The van der Waals surface area contributed by atoms with E-state index in [0.717, 1.165) is 5.56 Å². The molecule has 1 aromatic carbocycles. The lowest BCUT2D eigenvalue weighted by molar-refractivity contribution is -0.149. The van der Waals surface area contributed by atoms with Crippen molar-refractivity contribution in [2.24, 2.45) is 5.41 Å². The number of benzene rings is 1. The molecule has 0 amide bonds. The summed E-state index contributed by atoms with van der Waals surface area (Å²) in [6.45, 7) is 4.70. The molecule has 0 aliphatic carbocycles. The maximum Gasteiger partial charge on any atom is 0.310 e. The van der Waals surface area contributed by atoms with E-state index in [1.165, 1.54) is 12.1 Å². The zero-order chi connectivity index (χ0) is 13.8. The van der Waals surface area contributed by atoms with Gasteiger partial charge in [0.05, 0.1) is 5.41 Å². The monoisotopic (exact) mass is 253 g/mol. The third-order valence-electron chi connectivity index (χ3n) is 3.28. The first-order chi connectivity index (χ1) is 8.37. The highest BCUT2D eigenvalue weighted by Gasteiger charge is 2.32. The summed E-state index contributed by atoms with van der Waals surface area (Å²) in [5.74, 6) is -1.04. The van der Waals surface area contributed by atoms with Crippen LogP contribution in [-0.4, -0.2) is 29.6 Å². The first kappa shape index (κ1) is 14.6. The van der Waals surface area contributed by atoms with Gasteiger partial charge >= 0.3 is 5.97 Å². The van der Waals surface area contributed by atoms with Crippen LogP contribution in [0.5, 0.6) is 0 Å². The smallest absolute Gasteiger partial charge is 0.310 e. The zero-order valence-electron chi connectivity index (χ0n) is 11.1. The summed E-state index contributed by atoms with van der Waals surface area (Å²) < 4.78 is 12.8. The van der Waals surface area contributed by atoms with E-state index in [0.29, 0.717) is 19.5 Å². The minimum absolute atomic E-state index is 0.259. The Morgan fingerprint density at radius 1 is 1.39 bits per heavy atom. The molecule has 0 fully saturated rings. The number of aliphatic carboxylic acids is 1. The molecular formula is C14H20FNO2. The number of nitrogens with zero attached hydrogens (tertiary/aromatic N) is 1. The zero-order valence-corrected chi connectivity index (χ0v) is 11.1. The molecule has 3 nitrogen and oxygen atoms in total. The van der Waals surface area contributed by atoms with Gasteiger partial charge in [0.2, 0.25) is 0 Å². The second-order valence-electron chi connectivity index (χ2n) is 5.02. The summed E-state index contributed by atoms with van der Waals surface area (Å²) in [6.07, 6.45) is 0.579. The molecule has 1 atom stereocenters. The predicted octanol–water partition coefficient (Wildman–Crippen LogP) is 2.76. The molecule has 18 heavy (non-hydrogen) atoms. The van der Waals surface area contributed by atoms with Gasteiger partial charge in [0, 0.05) is 13.1 Å². The average Bonchev–Trinajstić information content (AvgIpc) is 2.31. The van der Waals surface area contributed by atoms with E-state index in [9.17, 15) is 14.3 Å². The minimum atomic E-state index is -0.782. The van der Waals surface area contributed by atoms with Gasteiger partial charge in [-0.15, -0.1) is 0 Å². The fraction of sp³-hybridized carbons (Fsp3) is 0.500. The molecular weight excluding hydrogens is 233 g/mol. The normalized spacial score (nSPS) is 14.5. The van der Waals surface area contributed by atoms with Gasteiger partial charge in [-0.3, -0.25) is 4.79 Å². The third-order valence-corrected chi connectivity index (χ3v) is 3.28. The van der Waals surface area contributed by atoms with E-state index in [2.05, 4.69) is 0 Å². The summed E-state index contributed by atoms with van der Waals surface area (Å²) in [7, 11) is 1.88. The summed E-state index contributed by atoms with van der Waals surface area (Å²) in [6, 6.07) is 6.27. The van der Waals surface area contributed by atoms with Crippen LogP contribution in [0.3, 0.4) is 0 Å². The Labute approximate surface area is 107 Å². The maximum absolute atomic E-state index is 12.8. The van der Waals surface area contributed by atoms with Crippen molar-refractivity contribution in [3.63, 3.8) is 0 Å². The molecule has 0 radical (unpaired) electrons. The van der Waals surface area contributed by atoms with Crippen LogP contribution in [0.25, 0.3) is 0 Å². The van der Waals surface area contributed by atoms with Crippen LogP contribution in [0.4, 0.5) is 4.39 Å². The van der Waals surface area contributed by atoms with Crippen LogP contribution in [-0.2, 0) is 11.3 Å². The number of carbonyl (C=O) groups is 1. The van der Waals surface area contributed by atoms with Crippen molar-refractivity contribution >= 4 is 5.97 Å². The second kappa shape index (κ2) is 5.96. The summed E-state index contributed by atoms with van der Waals surface area (Å²) in [5, 5.41) is 9.21. The Bertz CT molecular complexity index is 405. The molecule has 1 rings (SSSR count). The fourth-order valence-electron chi connectivity index (χ4n) is 1.88. The van der Waals surface area contributed by atoms with E-state index >= 15 is 0 Å². The Morgan fingerprint density at radius 2 is 1.94 bits per heavy atom. The van der Waals surface area contributed by atoms with Gasteiger partial charge in [0.15, 0.2) is 0 Å². The van der Waals surface area contributed by atoms with Crippen molar-refractivity contribution in [1.29, 1.82) is 0 Å². The highest BCUT2D eigenvalue weighted by atomic mass is 19.1. The molecule has 0 aromatic heterocycles. The quantitative estimate of drug-likeness (QED) is 0.847. The minimum Gasteiger partial charge on any atom is -0.481 e. The number of carboxylic acid groups (broad SMARTS) is 1. The van der Waals surface area contributed by atoms with E-state index in [-0.39, 0.29) is 5.82 Å². The van der Waals surface area contributed by atoms with E-state index < -0.39 is 11.4 Å². The molecule has 0 saturated carbocycles. The highest BCUT2D eigenvalue weighted by molar-refractivity contribution is 5.74. The van der Waals surface area contributed by atoms with Crippen LogP contribution in [0.15, 0.2) is 24.3 Å². The van der Waals surface area contributed by atoms with Crippen molar-refractivity contribution in [3.05, 3.63) is 35.6 Å². The molecule has 1 N–H and O–H groups in total. The van der Waals surface area contributed by atoms with Crippen LogP contribution < -0.4 is 0 Å². The highest BCUT2D eigenvalue weighted by Crippen LogP contribution is 2.23. The average molecular weight is 253 g/mol. The molecule has 0 spiro atoms. The number of rotatable bonds is 6. The second-order valence-corrected chi connectivity index (χ2v) is 5.02. The molecule has 0 aliphatic rings. The van der Waals surface area contributed by atoms with Crippen molar-refractivity contribution in [3.8, 4) is 0 Å². The number of carboxylic acids is 1. The first-order valence-corrected chi connectivity index (χ1v) is 6.04. The fourth-order valence-corrected chi connectivity index (χ4v) is 1.88. The first-order valence-electron chi connectivity index (χ1n) is 6.04. The Balaban J connectivity index is 2.63. The van der Waals surface area contributed by atoms with Crippen LogP contribution in [0, 0.1) is 11.2 Å². The molecule has 0 bridgehead atoms. The number of halogens is 1. The molecule has 0 aliphatic heterocycles. The molecule has 1 unspecified atom stereocenters. The maximum atomic E-state index is 12.8. The van der Waals surface area contributed by atoms with Gasteiger partial charge in [0.25, 0.3) is 0 Å².